The Bertz CT molecular complexity index is 1880. The van der Waals surface area contributed by atoms with E-state index < -0.39 is 12.0 Å². The summed E-state index contributed by atoms with van der Waals surface area (Å²) in [6, 6.07) is 20.0. The van der Waals surface area contributed by atoms with Crippen molar-refractivity contribution in [2.24, 2.45) is 4.99 Å². The van der Waals surface area contributed by atoms with Gasteiger partial charge in [0, 0.05) is 5.56 Å². The van der Waals surface area contributed by atoms with Crippen molar-refractivity contribution in [1.82, 2.24) is 4.57 Å². The average Bonchev–Trinajstić information content (AvgIpc) is 3.32. The van der Waals surface area contributed by atoms with Gasteiger partial charge in [-0.3, -0.25) is 9.36 Å². The van der Waals surface area contributed by atoms with E-state index in [4.69, 9.17) is 23.9 Å². The topological polar surface area (TPSA) is 88.4 Å². The lowest BCUT2D eigenvalue weighted by atomic mass is 9.93. The van der Waals surface area contributed by atoms with Crippen LogP contribution in [0.1, 0.15) is 50.4 Å². The minimum atomic E-state index is -0.769. The largest absolute Gasteiger partial charge is 0.494 e. The number of carbonyl (C=O) groups excluding carboxylic acids is 1. The summed E-state index contributed by atoms with van der Waals surface area (Å²) in [4.78, 5) is 33.3. The zero-order chi connectivity index (χ0) is 31.4. The first-order valence-electron chi connectivity index (χ1n) is 14.3. The molecule has 2 heterocycles. The monoisotopic (exact) mass is 724 g/mol. The number of benzene rings is 3. The van der Waals surface area contributed by atoms with Crippen LogP contribution in [0.5, 0.6) is 17.2 Å². The maximum Gasteiger partial charge on any atom is 0.338 e. The fraction of sp³-hybridized carbons (Fsp3) is 0.265. The quantitative estimate of drug-likeness (QED) is 0.153. The Morgan fingerprint density at radius 2 is 1.80 bits per heavy atom. The molecule has 228 valence electrons. The van der Waals surface area contributed by atoms with E-state index in [1.54, 1.807) is 18.6 Å². The molecule has 0 radical (unpaired) electrons. The third-order valence-corrected chi connectivity index (χ3v) is 8.57. The van der Waals surface area contributed by atoms with Gasteiger partial charge in [-0.25, -0.2) is 9.79 Å². The van der Waals surface area contributed by atoms with Gasteiger partial charge < -0.3 is 18.9 Å². The van der Waals surface area contributed by atoms with Crippen molar-refractivity contribution >= 4 is 51.7 Å². The van der Waals surface area contributed by atoms with E-state index >= 15 is 0 Å². The first-order valence-corrected chi connectivity index (χ1v) is 16.2. The van der Waals surface area contributed by atoms with Crippen LogP contribution in [0.15, 0.2) is 82.1 Å². The SMILES string of the molecule is CCOC(=O)C1=C(c2ccccc2)N=c2s/c(=C\c3cc(I)c(OC(C)C)c(OC)c3)c(=O)n2[C@@H]1c1ccc(OCC)cc1. The van der Waals surface area contributed by atoms with Gasteiger partial charge in [0.2, 0.25) is 0 Å². The van der Waals surface area contributed by atoms with Gasteiger partial charge in [-0.2, -0.15) is 0 Å². The van der Waals surface area contributed by atoms with Crippen LogP contribution in [0, 0.1) is 3.57 Å². The molecule has 44 heavy (non-hydrogen) atoms. The van der Waals surface area contributed by atoms with Crippen LogP contribution in [0.25, 0.3) is 11.8 Å². The zero-order valence-electron chi connectivity index (χ0n) is 25.1. The Balaban J connectivity index is 1.76. The molecule has 0 aliphatic carbocycles. The van der Waals surface area contributed by atoms with E-state index in [1.807, 2.05) is 93.6 Å². The molecule has 5 rings (SSSR count). The molecule has 4 aromatic rings. The normalized spacial score (nSPS) is 14.7. The van der Waals surface area contributed by atoms with Crippen LogP contribution in [0.2, 0.25) is 0 Å². The molecule has 0 amide bonds. The molecular weight excluding hydrogens is 691 g/mol. The number of carbonyl (C=O) groups is 1. The summed E-state index contributed by atoms with van der Waals surface area (Å²) >= 11 is 3.48. The number of nitrogens with zero attached hydrogens (tertiary/aromatic N) is 2. The molecular formula is C34H33IN2O6S. The number of halogens is 1. The van der Waals surface area contributed by atoms with Crippen LogP contribution in [-0.4, -0.2) is 37.0 Å². The summed E-state index contributed by atoms with van der Waals surface area (Å²) in [6.07, 6.45) is 1.79. The van der Waals surface area contributed by atoms with E-state index in [0.29, 0.717) is 44.5 Å². The first kappa shape index (κ1) is 31.5. The van der Waals surface area contributed by atoms with Crippen molar-refractivity contribution in [3.05, 3.63) is 112 Å². The highest BCUT2D eigenvalue weighted by atomic mass is 127. The summed E-state index contributed by atoms with van der Waals surface area (Å²) in [7, 11) is 1.59. The molecule has 1 aromatic heterocycles. The maximum absolute atomic E-state index is 14.2. The van der Waals surface area contributed by atoms with Crippen LogP contribution in [0.3, 0.4) is 0 Å². The second-order valence-corrected chi connectivity index (χ2v) is 12.3. The fourth-order valence-corrected chi connectivity index (χ4v) is 6.75. The highest BCUT2D eigenvalue weighted by Gasteiger charge is 2.35. The Morgan fingerprint density at radius 1 is 1.07 bits per heavy atom. The third kappa shape index (κ3) is 6.46. The molecule has 1 aliphatic rings. The highest BCUT2D eigenvalue weighted by molar-refractivity contribution is 14.1. The number of fused-ring (bicyclic) bond motifs is 1. The van der Waals surface area contributed by atoms with Crippen molar-refractivity contribution in [3.8, 4) is 17.2 Å². The molecule has 3 aromatic carbocycles. The lowest BCUT2D eigenvalue weighted by Crippen LogP contribution is -2.40. The molecule has 0 saturated heterocycles. The van der Waals surface area contributed by atoms with Gasteiger partial charge in [0.1, 0.15) is 5.75 Å². The number of methoxy groups -OCH3 is 1. The summed E-state index contributed by atoms with van der Waals surface area (Å²) in [5.74, 6) is 1.40. The van der Waals surface area contributed by atoms with E-state index in [-0.39, 0.29) is 18.3 Å². The molecule has 1 aliphatic heterocycles. The molecule has 1 atom stereocenters. The van der Waals surface area contributed by atoms with Crippen molar-refractivity contribution in [1.29, 1.82) is 0 Å². The number of hydrogen-bond donors (Lipinski definition) is 0. The number of esters is 1. The van der Waals surface area contributed by atoms with Crippen molar-refractivity contribution in [3.63, 3.8) is 0 Å². The highest BCUT2D eigenvalue weighted by Crippen LogP contribution is 2.37. The van der Waals surface area contributed by atoms with E-state index in [2.05, 4.69) is 22.6 Å². The van der Waals surface area contributed by atoms with Crippen molar-refractivity contribution < 1.29 is 23.7 Å². The molecule has 8 nitrogen and oxygen atoms in total. The van der Waals surface area contributed by atoms with Gasteiger partial charge in [-0.05, 0) is 91.8 Å². The Morgan fingerprint density at radius 3 is 2.43 bits per heavy atom. The number of ether oxygens (including phenoxy) is 4. The van der Waals surface area contributed by atoms with Crippen LogP contribution < -0.4 is 29.1 Å². The van der Waals surface area contributed by atoms with Crippen LogP contribution in [-0.2, 0) is 9.53 Å². The third-order valence-electron chi connectivity index (χ3n) is 6.78. The number of rotatable bonds is 10. The van der Waals surface area contributed by atoms with Gasteiger partial charge in [0.05, 0.1) is 51.8 Å². The molecule has 0 saturated carbocycles. The van der Waals surface area contributed by atoms with E-state index in [0.717, 1.165) is 20.3 Å². The minimum absolute atomic E-state index is 0.0260. The average molecular weight is 725 g/mol. The summed E-state index contributed by atoms with van der Waals surface area (Å²) in [5.41, 5.74) is 2.77. The second-order valence-electron chi connectivity index (χ2n) is 10.1. The first-order chi connectivity index (χ1) is 21.2. The molecule has 0 N–H and O–H groups in total. The lowest BCUT2D eigenvalue weighted by molar-refractivity contribution is -0.138. The number of thiazole rings is 1. The van der Waals surface area contributed by atoms with Gasteiger partial charge in [0.15, 0.2) is 16.3 Å². The molecule has 0 bridgehead atoms. The molecule has 10 heteroatoms. The lowest BCUT2D eigenvalue weighted by Gasteiger charge is -2.26. The molecule has 0 fully saturated rings. The van der Waals surface area contributed by atoms with Gasteiger partial charge in [-0.1, -0.05) is 53.8 Å². The minimum Gasteiger partial charge on any atom is -0.494 e. The Labute approximate surface area is 273 Å². The standard InChI is InChI=1S/C34H33IN2O6S/c1-6-41-24-15-13-23(14-16-24)30-28(33(39)42-7-2)29(22-11-9-8-10-12-22)36-34-37(30)32(38)27(44-34)19-21-17-25(35)31(43-20(3)4)26(18-21)40-5/h8-20,30H,6-7H2,1-5H3/b27-19-/t30-/m1/s1. The van der Waals surface area contributed by atoms with Gasteiger partial charge in [0.25, 0.3) is 5.56 Å². The maximum atomic E-state index is 14.2. The second kappa shape index (κ2) is 13.8. The zero-order valence-corrected chi connectivity index (χ0v) is 28.1. The van der Waals surface area contributed by atoms with Crippen LogP contribution >= 0.6 is 33.9 Å². The van der Waals surface area contributed by atoms with Crippen LogP contribution in [0.4, 0.5) is 0 Å². The summed E-state index contributed by atoms with van der Waals surface area (Å²) < 4.78 is 25.7. The Hall–Kier alpha value is -3.90. The molecule has 0 spiro atoms. The van der Waals surface area contributed by atoms with Gasteiger partial charge in [-0.15, -0.1) is 0 Å². The smallest absolute Gasteiger partial charge is 0.338 e. The predicted octanol–water partition coefficient (Wildman–Crippen LogP) is 5.73. The van der Waals surface area contributed by atoms with Crippen molar-refractivity contribution in [2.75, 3.05) is 20.3 Å². The number of hydrogen-bond acceptors (Lipinski definition) is 8. The summed E-state index contributed by atoms with van der Waals surface area (Å²) in [5, 5.41) is 0. The Kier molecular flexibility index (Phi) is 9.90. The van der Waals surface area contributed by atoms with Crippen molar-refractivity contribution in [2.45, 2.75) is 39.8 Å². The number of aromatic nitrogens is 1. The van der Waals surface area contributed by atoms with E-state index in [1.165, 1.54) is 11.3 Å². The predicted molar refractivity (Wildman–Crippen MR) is 180 cm³/mol. The van der Waals surface area contributed by atoms with E-state index in [9.17, 15) is 9.59 Å². The summed E-state index contributed by atoms with van der Waals surface area (Å²) in [6.45, 7) is 8.30. The van der Waals surface area contributed by atoms with Gasteiger partial charge >= 0.3 is 5.97 Å². The molecule has 0 unspecified atom stereocenters. The fourth-order valence-electron chi connectivity index (χ4n) is 4.99.